The average Bonchev–Trinajstić information content (AvgIpc) is 1.58. The molecule has 24 N–H and O–H groups in total. The zero-order valence-electron chi connectivity index (χ0n) is 95.9. The summed E-state index contributed by atoms with van der Waals surface area (Å²) in [6, 6.07) is 0. The highest BCUT2D eigenvalue weighted by Crippen LogP contribution is 2.61. The molecule has 13 saturated carbocycles. The van der Waals surface area contributed by atoms with Gasteiger partial charge in [-0.2, -0.15) is 0 Å². The summed E-state index contributed by atoms with van der Waals surface area (Å²) in [6.45, 7) is 64.1. The van der Waals surface area contributed by atoms with Crippen LogP contribution in [0.2, 0.25) is 0 Å². The molecule has 25 nitrogen and oxygen atoms in total. The van der Waals surface area contributed by atoms with Gasteiger partial charge in [-0.15, -0.1) is 13.0 Å². The van der Waals surface area contributed by atoms with Gasteiger partial charge in [-0.25, -0.2) is 6.57 Å². The standard InChI is InChI=1S/C13H24O2.2C12H22O2.C11H22O3.C11H20O2.C11H18O2.C10H17NO2.C10H20O3.3C10H20O2/c1-3-7-13(10-5-4-6-10)8-9(2)11(14)12(13)15;1-3-6-12(9-4-5-9)7-8(2)10(13)11(12)14;1-4-6-12(7-5-2)8-9(3)10(13)11(12)14;1-3-4-11(5-6-12)7-8(2)9(13)10(11)14;2*1-4-6-11(5-2)7-8(3)9(12)10(11)13;1-4-5-10(11-3)6-7(2)8(12)9(10)13;1-3-4-10(6-11)5-7(2)8(12)9(10)13;3*1-4-5-10(3)6-7(2)8(11)9(10)12/h9-12,14-15H,3-8H2,1-2H3;8-11,13-14H,3-7H2,1-2H3;4,6,9-11,13-14H,5,7-8H2,1-3H3;8-10,12-14H,3-7H2,1-2H3;5,8-10,12-13H,2,4,6-7H2,1,3H3;2,8-10,12-13H,4,6-7H2,1,3H3;7-9,12-13H,4-6H2,1-2H3;7-9,11-13H,3-6H2,1-2H3;3*7-9,11-12H,4-6H2,1-3H3/b;;6-4+;;;;;;;;/t9-,11+,12+,13+;8-,10+,11+,12+;9-,10+,11+,12+;8-,9+,10+,11-;2*8-,9+,10+,11+;7-,8+,9+,10-;4*7-,8+,9+,10+/m11111111111/s1. The summed E-state index contributed by atoms with van der Waals surface area (Å²) in [7, 11) is 0. The number of nitrogens with zero attached hydrogens (tertiary/aromatic N) is 1. The molecule has 13 rings (SSSR count). The number of hydrogen-bond donors (Lipinski definition) is 24. The van der Waals surface area contributed by atoms with Crippen LogP contribution >= 0.6 is 0 Å². The van der Waals surface area contributed by atoms with Gasteiger partial charge in [0, 0.05) is 51.9 Å². The van der Waals surface area contributed by atoms with Crippen LogP contribution in [0.25, 0.3) is 4.85 Å². The van der Waals surface area contributed by atoms with Crippen molar-refractivity contribution in [2.24, 2.45) is 131 Å². The van der Waals surface area contributed by atoms with Gasteiger partial charge in [0.15, 0.2) is 6.10 Å². The predicted octanol–water partition coefficient (Wildman–Crippen LogP) is 16.6. The SMILES string of the molecule is C#C[C@]1(CCC)C[C@@H](C)[C@H](O)[C@@H]1O.C/C=C/[C@]1(CCC)C[C@@H](C)[C@H](O)[C@@H]1O.C=C[C@]1(CCC)C[C@@H](C)[C@H](O)[C@@H]1O.CCC[C@@]1(C)C[C@@H](C)[C@H](O)[C@@H]1O.CCC[C@@]1(C)C[C@@H](C)[C@H](O)[C@@H]1O.CCC[C@@]1(C)C[C@@H](C)[C@H](O)[C@@H]1O.CCC[C@@]1(C2CC2)C[C@@H](C)[C@H](O)[C@@H]1O.CCC[C@@]1(C2CCC2)C[C@@H](C)[C@H](O)[C@@H]1O.CCC[C@@]1(CCO)C[C@@H](C)[C@H](O)[C@@H]1O.CCC[C@@]1(CO)C[C@@H](C)[C@H](O)[C@@H]1O.[C-]#[N+][C@]1(CCC)C[C@@H](C)[C@H](O)[C@@H]1O. The lowest BCUT2D eigenvalue weighted by atomic mass is 9.61. The Labute approximate surface area is 880 Å². The Morgan fingerprint density at radius 2 is 0.579 bits per heavy atom. The van der Waals surface area contributed by atoms with Crippen molar-refractivity contribution in [2.45, 2.75) is 570 Å². The van der Waals surface area contributed by atoms with Gasteiger partial charge in [0.2, 0.25) is 0 Å². The van der Waals surface area contributed by atoms with E-state index in [2.05, 4.69) is 113 Å². The van der Waals surface area contributed by atoms with E-state index in [9.17, 15) is 117 Å². The van der Waals surface area contributed by atoms with Crippen molar-refractivity contribution in [1.29, 1.82) is 0 Å². The summed E-state index contributed by atoms with van der Waals surface area (Å²) in [6.07, 6.45) is 36.3. The summed E-state index contributed by atoms with van der Waals surface area (Å²) in [4.78, 5) is 3.53. The van der Waals surface area contributed by atoms with Gasteiger partial charge in [-0.3, -0.25) is 0 Å². The topological polar surface area (TPSA) is 490 Å². The Bertz CT molecular complexity index is 3570. The monoisotopic (exact) mass is 2060 g/mol. The molecule has 0 aromatic carbocycles. The van der Waals surface area contributed by atoms with E-state index in [0.717, 1.165) is 199 Å². The van der Waals surface area contributed by atoms with Crippen molar-refractivity contribution in [2.75, 3.05) is 13.2 Å². The van der Waals surface area contributed by atoms with E-state index in [1.807, 2.05) is 102 Å². The minimum absolute atomic E-state index is 0.0244. The number of hydrogen-bond acceptors (Lipinski definition) is 24. The first-order chi connectivity index (χ1) is 67.7. The van der Waals surface area contributed by atoms with E-state index >= 15 is 0 Å². The lowest BCUT2D eigenvalue weighted by molar-refractivity contribution is -0.0738. The van der Waals surface area contributed by atoms with Crippen LogP contribution in [0.15, 0.2) is 24.8 Å². The Balaban J connectivity index is 0.000000410. The maximum atomic E-state index is 10.3. The highest BCUT2D eigenvalue weighted by molar-refractivity contribution is 5.18. The zero-order chi connectivity index (χ0) is 111. The third kappa shape index (κ3) is 32.4. The maximum absolute atomic E-state index is 10.3. The lowest BCUT2D eigenvalue weighted by Crippen LogP contribution is -2.44. The first-order valence-electron chi connectivity index (χ1n) is 58.0. The fraction of sp³-hybridized carbons (Fsp3) is 0.942. The molecular formula is C120H225NO24. The summed E-state index contributed by atoms with van der Waals surface area (Å²) in [5.41, 5.74) is -2.35. The lowest BCUT2D eigenvalue weighted by Gasteiger charge is -2.45. The highest BCUT2D eigenvalue weighted by Gasteiger charge is 2.62. The molecule has 145 heavy (non-hydrogen) atoms. The van der Waals surface area contributed by atoms with Gasteiger partial charge in [0.05, 0.1) is 140 Å². The van der Waals surface area contributed by atoms with E-state index in [-0.39, 0.29) is 122 Å². The fourth-order valence-electron chi connectivity index (χ4n) is 30.2. The van der Waals surface area contributed by atoms with Crippen molar-refractivity contribution < 1.29 is 123 Å². The molecule has 0 radical (unpaired) electrons. The molecule has 25 heteroatoms. The second kappa shape index (κ2) is 60.8. The van der Waals surface area contributed by atoms with Crippen LogP contribution in [0.3, 0.4) is 0 Å². The second-order valence-electron chi connectivity index (χ2n) is 50.9. The molecule has 13 fully saturated rings. The van der Waals surface area contributed by atoms with Crippen LogP contribution in [0, 0.1) is 150 Å². The minimum Gasteiger partial charge on any atom is -0.396 e. The molecule has 0 bridgehead atoms. The van der Waals surface area contributed by atoms with Crippen molar-refractivity contribution >= 4 is 0 Å². The van der Waals surface area contributed by atoms with Crippen molar-refractivity contribution in [3.05, 3.63) is 36.2 Å². The molecular weight excluding hydrogens is 1840 g/mol. The highest BCUT2D eigenvalue weighted by atomic mass is 16.4. The summed E-state index contributed by atoms with van der Waals surface area (Å²) in [5, 5.41) is 234. The Morgan fingerprint density at radius 3 is 0.814 bits per heavy atom. The molecule has 0 aliphatic heterocycles. The van der Waals surface area contributed by atoms with Crippen LogP contribution in [0.4, 0.5) is 0 Å². The zero-order valence-corrected chi connectivity index (χ0v) is 95.9. The van der Waals surface area contributed by atoms with E-state index in [1.54, 1.807) is 0 Å². The van der Waals surface area contributed by atoms with Crippen LogP contribution < -0.4 is 0 Å². The van der Waals surface area contributed by atoms with Gasteiger partial charge in [0.1, 0.15) is 0 Å². The smallest absolute Gasteiger partial charge is 0.260 e. The number of allylic oxidation sites excluding steroid dienone is 1. The number of rotatable bonds is 29. The predicted molar refractivity (Wildman–Crippen MR) is 581 cm³/mol. The van der Waals surface area contributed by atoms with Gasteiger partial charge in [0.25, 0.3) is 5.54 Å². The number of aliphatic hydroxyl groups is 24. The second-order valence-corrected chi connectivity index (χ2v) is 50.9. The molecule has 0 unspecified atom stereocenters. The van der Waals surface area contributed by atoms with E-state index < -0.39 is 151 Å². The molecule has 854 valence electrons. The summed E-state index contributed by atoms with van der Waals surface area (Å²) in [5.74, 6) is 6.09. The third-order valence-electron chi connectivity index (χ3n) is 38.7. The Hall–Kier alpha value is -2.43. The van der Waals surface area contributed by atoms with E-state index in [1.165, 1.54) is 32.1 Å². The quantitative estimate of drug-likeness (QED) is 0.0188. The van der Waals surface area contributed by atoms with Crippen molar-refractivity contribution in [3.8, 4) is 12.3 Å². The number of aliphatic hydroxyl groups excluding tert-OH is 24. The molecule has 0 heterocycles. The summed E-state index contributed by atoms with van der Waals surface area (Å²) >= 11 is 0. The molecule has 13 aliphatic carbocycles. The van der Waals surface area contributed by atoms with Gasteiger partial charge in [-0.1, -0.05) is 268 Å². The molecule has 0 spiro atoms. The third-order valence-corrected chi connectivity index (χ3v) is 38.7. The van der Waals surface area contributed by atoms with E-state index in [4.69, 9.17) is 18.1 Å². The number of terminal acetylenes is 1. The van der Waals surface area contributed by atoms with Crippen molar-refractivity contribution in [3.63, 3.8) is 0 Å². The molecule has 0 amide bonds. The van der Waals surface area contributed by atoms with Crippen LogP contribution in [-0.4, -0.2) is 276 Å². The average molecular weight is 2070 g/mol. The minimum atomic E-state index is -0.861. The van der Waals surface area contributed by atoms with Crippen LogP contribution in [0.5, 0.6) is 0 Å². The first-order valence-corrected chi connectivity index (χ1v) is 58.0. The van der Waals surface area contributed by atoms with Crippen LogP contribution in [0.1, 0.15) is 430 Å². The molecule has 13 aliphatic rings. The Morgan fingerprint density at radius 1 is 0.297 bits per heavy atom. The van der Waals surface area contributed by atoms with Gasteiger partial charge >= 0.3 is 0 Å². The molecule has 0 saturated heterocycles. The molecule has 0 aromatic rings. The molecule has 44 atom stereocenters. The first kappa shape index (κ1) is 137. The Kier molecular flexibility index (Phi) is 57.3. The van der Waals surface area contributed by atoms with Gasteiger partial charge in [-0.05, 0) is 267 Å². The largest absolute Gasteiger partial charge is 0.396 e. The van der Waals surface area contributed by atoms with Crippen LogP contribution in [-0.2, 0) is 0 Å². The van der Waals surface area contributed by atoms with Crippen molar-refractivity contribution in [1.82, 2.24) is 0 Å². The maximum Gasteiger partial charge on any atom is 0.260 e. The molecule has 0 aromatic heterocycles. The summed E-state index contributed by atoms with van der Waals surface area (Å²) < 4.78 is 0. The normalized spacial score (nSPS) is 46.0. The fourth-order valence-corrected chi connectivity index (χ4v) is 30.2. The van der Waals surface area contributed by atoms with E-state index in [0.29, 0.717) is 31.1 Å². The van der Waals surface area contributed by atoms with Gasteiger partial charge < -0.3 is 127 Å².